The van der Waals surface area contributed by atoms with Crippen LogP contribution in [0.1, 0.15) is 6.92 Å². The van der Waals surface area contributed by atoms with Crippen LogP contribution in [0.3, 0.4) is 0 Å². The third-order valence-electron chi connectivity index (χ3n) is 3.37. The molecule has 0 aliphatic heterocycles. The van der Waals surface area contributed by atoms with Crippen LogP contribution >= 0.6 is 0 Å². The highest BCUT2D eigenvalue weighted by atomic mass is 32.2. The second kappa shape index (κ2) is 6.26. The van der Waals surface area contributed by atoms with Gasteiger partial charge in [-0.1, -0.05) is 24.3 Å². The van der Waals surface area contributed by atoms with Gasteiger partial charge >= 0.3 is 0 Å². The second-order valence-corrected chi connectivity index (χ2v) is 6.53. The lowest BCUT2D eigenvalue weighted by Crippen LogP contribution is -2.13. The Balaban J connectivity index is 2.11. The third kappa shape index (κ3) is 3.12. The van der Waals surface area contributed by atoms with Crippen LogP contribution in [-0.2, 0) is 10.0 Å². The zero-order valence-corrected chi connectivity index (χ0v) is 13.4. The van der Waals surface area contributed by atoms with Gasteiger partial charge in [0.25, 0.3) is 10.0 Å². The molecule has 0 fully saturated rings. The SMILES string of the molecule is CCOc1ccc(S(=O)(=O)Nc2ccncc2)c2ccccc12. The van der Waals surface area contributed by atoms with Crippen molar-refractivity contribution in [3.63, 3.8) is 0 Å². The largest absolute Gasteiger partial charge is 0.493 e. The first-order valence-electron chi connectivity index (χ1n) is 7.19. The van der Waals surface area contributed by atoms with Gasteiger partial charge in [0.15, 0.2) is 0 Å². The van der Waals surface area contributed by atoms with Gasteiger partial charge in [-0.15, -0.1) is 0 Å². The van der Waals surface area contributed by atoms with Crippen LogP contribution in [-0.4, -0.2) is 20.0 Å². The summed E-state index contributed by atoms with van der Waals surface area (Å²) in [5.41, 5.74) is 0.470. The van der Waals surface area contributed by atoms with E-state index < -0.39 is 10.0 Å². The molecule has 0 aliphatic rings. The first-order valence-corrected chi connectivity index (χ1v) is 8.67. The smallest absolute Gasteiger partial charge is 0.262 e. The van der Waals surface area contributed by atoms with Gasteiger partial charge in [-0.05, 0) is 31.2 Å². The van der Waals surface area contributed by atoms with Crippen molar-refractivity contribution in [2.75, 3.05) is 11.3 Å². The fourth-order valence-electron chi connectivity index (χ4n) is 2.39. The quantitative estimate of drug-likeness (QED) is 0.779. The van der Waals surface area contributed by atoms with E-state index in [0.29, 0.717) is 23.4 Å². The Morgan fingerprint density at radius 3 is 2.39 bits per heavy atom. The summed E-state index contributed by atoms with van der Waals surface area (Å²) in [6, 6.07) is 13.8. The number of fused-ring (bicyclic) bond motifs is 1. The number of anilines is 1. The molecule has 3 rings (SSSR count). The van der Waals surface area contributed by atoms with Gasteiger partial charge in [0.2, 0.25) is 0 Å². The van der Waals surface area contributed by atoms with Crippen molar-refractivity contribution in [3.05, 3.63) is 60.9 Å². The lowest BCUT2D eigenvalue weighted by Gasteiger charge is -2.13. The predicted octanol–water partition coefficient (Wildman–Crippen LogP) is 3.43. The van der Waals surface area contributed by atoms with Gasteiger partial charge in [-0.3, -0.25) is 9.71 Å². The Kier molecular flexibility index (Phi) is 4.16. The Hall–Kier alpha value is -2.60. The van der Waals surface area contributed by atoms with E-state index in [2.05, 4.69) is 9.71 Å². The van der Waals surface area contributed by atoms with Crippen molar-refractivity contribution in [1.29, 1.82) is 0 Å². The lowest BCUT2D eigenvalue weighted by atomic mass is 10.1. The fourth-order valence-corrected chi connectivity index (χ4v) is 3.66. The van der Waals surface area contributed by atoms with Crippen molar-refractivity contribution in [2.24, 2.45) is 0 Å². The number of rotatable bonds is 5. The first kappa shape index (κ1) is 15.3. The molecule has 6 heteroatoms. The summed E-state index contributed by atoms with van der Waals surface area (Å²) in [6.45, 7) is 2.41. The molecule has 0 bridgehead atoms. The number of hydrogen-bond donors (Lipinski definition) is 1. The topological polar surface area (TPSA) is 68.3 Å². The molecular weight excluding hydrogens is 312 g/mol. The van der Waals surface area contributed by atoms with Gasteiger partial charge < -0.3 is 4.74 Å². The lowest BCUT2D eigenvalue weighted by molar-refractivity contribution is 0.344. The highest BCUT2D eigenvalue weighted by Gasteiger charge is 2.19. The maximum absolute atomic E-state index is 12.7. The van der Waals surface area contributed by atoms with E-state index in [1.54, 1.807) is 30.3 Å². The van der Waals surface area contributed by atoms with Gasteiger partial charge in [-0.2, -0.15) is 0 Å². The summed E-state index contributed by atoms with van der Waals surface area (Å²) in [4.78, 5) is 4.09. The zero-order valence-electron chi connectivity index (χ0n) is 12.6. The molecule has 3 aromatic rings. The summed E-state index contributed by atoms with van der Waals surface area (Å²) in [5.74, 6) is 0.672. The van der Waals surface area contributed by atoms with E-state index in [4.69, 9.17) is 4.74 Å². The molecule has 0 aliphatic carbocycles. The van der Waals surface area contributed by atoms with E-state index in [9.17, 15) is 8.42 Å². The number of nitrogens with zero attached hydrogens (tertiary/aromatic N) is 1. The number of ether oxygens (including phenoxy) is 1. The molecule has 0 saturated carbocycles. The minimum absolute atomic E-state index is 0.216. The highest BCUT2D eigenvalue weighted by molar-refractivity contribution is 7.93. The van der Waals surface area contributed by atoms with E-state index in [1.807, 2.05) is 25.1 Å². The summed E-state index contributed by atoms with van der Waals surface area (Å²) in [5, 5.41) is 1.40. The number of benzene rings is 2. The molecule has 0 atom stereocenters. The molecule has 118 valence electrons. The first-order chi connectivity index (χ1) is 11.1. The molecule has 0 spiro atoms. The van der Waals surface area contributed by atoms with Crippen LogP contribution in [0, 0.1) is 0 Å². The van der Waals surface area contributed by atoms with Gasteiger partial charge in [0.1, 0.15) is 5.75 Å². The average Bonchev–Trinajstić information content (AvgIpc) is 2.56. The van der Waals surface area contributed by atoms with Crippen LogP contribution in [0.25, 0.3) is 10.8 Å². The zero-order chi connectivity index (χ0) is 16.3. The minimum Gasteiger partial charge on any atom is -0.493 e. The van der Waals surface area contributed by atoms with Gasteiger partial charge in [0.05, 0.1) is 17.2 Å². The van der Waals surface area contributed by atoms with Crippen molar-refractivity contribution >= 4 is 26.5 Å². The number of sulfonamides is 1. The van der Waals surface area contributed by atoms with Crippen molar-refractivity contribution in [1.82, 2.24) is 4.98 Å². The second-order valence-electron chi connectivity index (χ2n) is 4.88. The van der Waals surface area contributed by atoms with Gasteiger partial charge in [-0.25, -0.2) is 8.42 Å². The number of hydrogen-bond acceptors (Lipinski definition) is 4. The normalized spacial score (nSPS) is 11.3. The molecule has 1 aromatic heterocycles. The van der Waals surface area contributed by atoms with Gasteiger partial charge in [0, 0.05) is 23.2 Å². The number of pyridine rings is 1. The summed E-state index contributed by atoms with van der Waals surface area (Å²) >= 11 is 0. The minimum atomic E-state index is -3.70. The molecule has 0 amide bonds. The molecular formula is C17H16N2O3S. The number of aromatic nitrogens is 1. The number of nitrogens with one attached hydrogen (secondary N) is 1. The Morgan fingerprint density at radius 1 is 1.00 bits per heavy atom. The predicted molar refractivity (Wildman–Crippen MR) is 90.2 cm³/mol. The molecule has 1 heterocycles. The monoisotopic (exact) mass is 328 g/mol. The van der Waals surface area contributed by atoms with Crippen molar-refractivity contribution < 1.29 is 13.2 Å². The summed E-state index contributed by atoms with van der Waals surface area (Å²) in [6.07, 6.45) is 3.07. The van der Waals surface area contributed by atoms with Crippen LogP contribution < -0.4 is 9.46 Å². The average molecular weight is 328 g/mol. The Bertz CT molecular complexity index is 925. The fraction of sp³-hybridized carbons (Fsp3) is 0.118. The molecule has 0 saturated heterocycles. The maximum Gasteiger partial charge on any atom is 0.262 e. The standard InChI is InChI=1S/C17H16N2O3S/c1-2-22-16-7-8-17(15-6-4-3-5-14(15)16)23(20,21)19-13-9-11-18-12-10-13/h3-12H,2H2,1H3,(H,18,19). The molecule has 1 N–H and O–H groups in total. The van der Waals surface area contributed by atoms with Crippen molar-refractivity contribution in [2.45, 2.75) is 11.8 Å². The Labute approximate surface area is 135 Å². The molecule has 5 nitrogen and oxygen atoms in total. The molecule has 23 heavy (non-hydrogen) atoms. The third-order valence-corrected chi connectivity index (χ3v) is 4.81. The molecule has 0 unspecified atom stereocenters. The van der Waals surface area contributed by atoms with E-state index >= 15 is 0 Å². The van der Waals surface area contributed by atoms with E-state index in [1.165, 1.54) is 12.4 Å². The van der Waals surface area contributed by atoms with Crippen LogP contribution in [0.2, 0.25) is 0 Å². The summed E-state index contributed by atoms with van der Waals surface area (Å²) < 4.78 is 33.6. The maximum atomic E-state index is 12.7. The van der Waals surface area contributed by atoms with E-state index in [0.717, 1.165) is 5.39 Å². The van der Waals surface area contributed by atoms with E-state index in [-0.39, 0.29) is 4.90 Å². The van der Waals surface area contributed by atoms with Crippen LogP contribution in [0.5, 0.6) is 5.75 Å². The summed E-state index contributed by atoms with van der Waals surface area (Å²) in [7, 11) is -3.70. The molecule has 0 radical (unpaired) electrons. The highest BCUT2D eigenvalue weighted by Crippen LogP contribution is 2.31. The Morgan fingerprint density at radius 2 is 1.70 bits per heavy atom. The molecule has 2 aromatic carbocycles. The van der Waals surface area contributed by atoms with Crippen LogP contribution in [0.4, 0.5) is 5.69 Å². The van der Waals surface area contributed by atoms with Crippen molar-refractivity contribution in [3.8, 4) is 5.75 Å². The van der Waals surface area contributed by atoms with Crippen LogP contribution in [0.15, 0.2) is 65.8 Å².